The summed E-state index contributed by atoms with van der Waals surface area (Å²) in [5.41, 5.74) is 2.13. The van der Waals surface area contributed by atoms with Gasteiger partial charge in [0.15, 0.2) is 11.5 Å². The van der Waals surface area contributed by atoms with E-state index in [4.69, 9.17) is 9.47 Å². The van der Waals surface area contributed by atoms with Crippen LogP contribution in [0.2, 0.25) is 0 Å². The van der Waals surface area contributed by atoms with Crippen LogP contribution in [-0.4, -0.2) is 56.2 Å². The average molecular weight is 398 g/mol. The van der Waals surface area contributed by atoms with E-state index in [-0.39, 0.29) is 5.91 Å². The average Bonchev–Trinajstić information content (AvgIpc) is 3.18. The first-order chi connectivity index (χ1) is 14.0. The molecule has 1 aromatic carbocycles. The highest BCUT2D eigenvalue weighted by Gasteiger charge is 2.23. The number of ether oxygens (including phenoxy) is 2. The van der Waals surface area contributed by atoms with E-state index < -0.39 is 0 Å². The summed E-state index contributed by atoms with van der Waals surface area (Å²) in [6, 6.07) is 9.30. The Balaban J connectivity index is 1.60. The molecule has 156 valence electrons. The molecule has 1 aliphatic heterocycles. The molecule has 1 aliphatic rings. The molecule has 0 bridgehead atoms. The minimum atomic E-state index is -0.0797. The Morgan fingerprint density at radius 3 is 2.72 bits per heavy atom. The molecular formula is C23H31N3O3. The van der Waals surface area contributed by atoms with Crippen molar-refractivity contribution in [1.29, 1.82) is 0 Å². The molecule has 0 spiro atoms. The smallest absolute Gasteiger partial charge is 0.252 e. The number of hydrogen-bond acceptors (Lipinski definition) is 5. The van der Waals surface area contributed by atoms with Crippen molar-refractivity contribution in [2.45, 2.75) is 20.3 Å². The van der Waals surface area contributed by atoms with Gasteiger partial charge in [-0.1, -0.05) is 19.9 Å². The third kappa shape index (κ3) is 5.26. The number of nitrogens with zero attached hydrogens (tertiary/aromatic N) is 2. The van der Waals surface area contributed by atoms with Crippen LogP contribution in [0, 0.1) is 11.8 Å². The Kier molecular flexibility index (Phi) is 7.09. The number of aromatic nitrogens is 1. The van der Waals surface area contributed by atoms with E-state index in [2.05, 4.69) is 29.0 Å². The van der Waals surface area contributed by atoms with E-state index in [1.807, 2.05) is 24.3 Å². The molecule has 6 nitrogen and oxygen atoms in total. The summed E-state index contributed by atoms with van der Waals surface area (Å²) in [5.74, 6) is 2.40. The Hall–Kier alpha value is -2.60. The zero-order valence-electron chi connectivity index (χ0n) is 17.8. The van der Waals surface area contributed by atoms with E-state index in [1.54, 1.807) is 26.5 Å². The second-order valence-corrected chi connectivity index (χ2v) is 7.99. The van der Waals surface area contributed by atoms with Crippen LogP contribution in [0.4, 0.5) is 0 Å². The second-order valence-electron chi connectivity index (χ2n) is 7.99. The van der Waals surface area contributed by atoms with Crippen molar-refractivity contribution in [3.05, 3.63) is 42.1 Å². The molecule has 3 rings (SSSR count). The number of likely N-dealkylation sites (tertiary alicyclic amines) is 1. The maximum Gasteiger partial charge on any atom is 0.252 e. The van der Waals surface area contributed by atoms with Gasteiger partial charge < -0.3 is 19.7 Å². The largest absolute Gasteiger partial charge is 0.493 e. The standard InChI is InChI=1S/C23H31N3O3/c1-16(2)14-26-11-10-17(15-26)12-25-23(27)18-8-9-20(24-13-18)19-6-5-7-21(28-3)22(19)29-4/h5-9,13,16-17H,10-12,14-15H2,1-4H3,(H,25,27)/t17-/m1/s1. The minimum Gasteiger partial charge on any atom is -0.493 e. The number of pyridine rings is 1. The molecular weight excluding hydrogens is 366 g/mol. The lowest BCUT2D eigenvalue weighted by molar-refractivity contribution is 0.0947. The number of rotatable bonds is 8. The van der Waals surface area contributed by atoms with Crippen molar-refractivity contribution >= 4 is 5.91 Å². The summed E-state index contributed by atoms with van der Waals surface area (Å²) in [6.45, 7) is 8.50. The highest BCUT2D eigenvalue weighted by Crippen LogP contribution is 2.36. The molecule has 1 amide bonds. The SMILES string of the molecule is COc1cccc(-c2ccc(C(=O)NC[C@H]3CCN(CC(C)C)C3)cn2)c1OC. The van der Waals surface area contributed by atoms with Gasteiger partial charge in [-0.15, -0.1) is 0 Å². The monoisotopic (exact) mass is 397 g/mol. The fraction of sp³-hybridized carbons (Fsp3) is 0.478. The predicted octanol–water partition coefficient (Wildman–Crippen LogP) is 3.47. The maximum atomic E-state index is 12.5. The van der Waals surface area contributed by atoms with E-state index in [0.29, 0.717) is 35.4 Å². The van der Waals surface area contributed by atoms with Crippen LogP contribution >= 0.6 is 0 Å². The quantitative estimate of drug-likeness (QED) is 0.739. The number of para-hydroxylation sites is 1. The molecule has 6 heteroatoms. The molecule has 2 heterocycles. The first-order valence-corrected chi connectivity index (χ1v) is 10.2. The topological polar surface area (TPSA) is 63.7 Å². The third-order valence-corrected chi connectivity index (χ3v) is 5.25. The first-order valence-electron chi connectivity index (χ1n) is 10.2. The zero-order chi connectivity index (χ0) is 20.8. The lowest BCUT2D eigenvalue weighted by Gasteiger charge is -2.18. The van der Waals surface area contributed by atoms with Gasteiger partial charge in [0.2, 0.25) is 0 Å². The fourth-order valence-corrected chi connectivity index (χ4v) is 3.88. The van der Waals surface area contributed by atoms with Gasteiger partial charge in [0.05, 0.1) is 25.5 Å². The normalized spacial score (nSPS) is 16.8. The number of benzene rings is 1. The number of hydrogen-bond donors (Lipinski definition) is 1. The molecule has 0 aliphatic carbocycles. The van der Waals surface area contributed by atoms with Crippen LogP contribution in [0.25, 0.3) is 11.3 Å². The maximum absolute atomic E-state index is 12.5. The summed E-state index contributed by atoms with van der Waals surface area (Å²) in [7, 11) is 3.21. The number of amides is 1. The second kappa shape index (κ2) is 9.74. The Bertz CT molecular complexity index is 821. The summed E-state index contributed by atoms with van der Waals surface area (Å²) < 4.78 is 10.8. The molecule has 2 aromatic rings. The Labute approximate surface area is 173 Å². The Morgan fingerprint density at radius 1 is 1.24 bits per heavy atom. The van der Waals surface area contributed by atoms with Crippen molar-refractivity contribution in [3.63, 3.8) is 0 Å². The van der Waals surface area contributed by atoms with Crippen LogP contribution in [-0.2, 0) is 0 Å². The van der Waals surface area contributed by atoms with Gasteiger partial charge in [-0.2, -0.15) is 0 Å². The lowest BCUT2D eigenvalue weighted by atomic mass is 10.1. The molecule has 0 saturated carbocycles. The van der Waals surface area contributed by atoms with Crippen LogP contribution < -0.4 is 14.8 Å². The minimum absolute atomic E-state index is 0.0797. The predicted molar refractivity (Wildman–Crippen MR) is 114 cm³/mol. The molecule has 0 unspecified atom stereocenters. The highest BCUT2D eigenvalue weighted by molar-refractivity contribution is 5.94. The van der Waals surface area contributed by atoms with E-state index in [9.17, 15) is 4.79 Å². The van der Waals surface area contributed by atoms with Crippen molar-refractivity contribution < 1.29 is 14.3 Å². The van der Waals surface area contributed by atoms with Crippen LogP contribution in [0.15, 0.2) is 36.5 Å². The van der Waals surface area contributed by atoms with Crippen LogP contribution in [0.3, 0.4) is 0 Å². The van der Waals surface area contributed by atoms with Gasteiger partial charge in [-0.25, -0.2) is 0 Å². The first kappa shape index (κ1) is 21.1. The number of carbonyl (C=O) groups is 1. The van der Waals surface area contributed by atoms with Gasteiger partial charge in [-0.3, -0.25) is 9.78 Å². The van der Waals surface area contributed by atoms with Gasteiger partial charge >= 0.3 is 0 Å². The molecule has 0 radical (unpaired) electrons. The van der Waals surface area contributed by atoms with Crippen LogP contribution in [0.1, 0.15) is 30.6 Å². The lowest BCUT2D eigenvalue weighted by Crippen LogP contribution is -2.31. The van der Waals surface area contributed by atoms with Crippen molar-refractivity contribution in [1.82, 2.24) is 15.2 Å². The highest BCUT2D eigenvalue weighted by atomic mass is 16.5. The number of nitrogens with one attached hydrogen (secondary N) is 1. The summed E-state index contributed by atoms with van der Waals surface area (Å²) in [6.07, 6.45) is 2.75. The van der Waals surface area contributed by atoms with E-state index in [1.165, 1.54) is 0 Å². The summed E-state index contributed by atoms with van der Waals surface area (Å²) in [5, 5.41) is 3.06. The van der Waals surface area contributed by atoms with Crippen LogP contribution in [0.5, 0.6) is 11.5 Å². The van der Waals surface area contributed by atoms with Gasteiger partial charge in [-0.05, 0) is 49.1 Å². The molecule has 1 atom stereocenters. The third-order valence-electron chi connectivity index (χ3n) is 5.25. The van der Waals surface area contributed by atoms with Gasteiger partial charge in [0, 0.05) is 31.4 Å². The van der Waals surface area contributed by atoms with Gasteiger partial charge in [0.1, 0.15) is 0 Å². The van der Waals surface area contributed by atoms with E-state index >= 15 is 0 Å². The summed E-state index contributed by atoms with van der Waals surface area (Å²) >= 11 is 0. The zero-order valence-corrected chi connectivity index (χ0v) is 17.8. The number of methoxy groups -OCH3 is 2. The summed E-state index contributed by atoms with van der Waals surface area (Å²) in [4.78, 5) is 19.5. The van der Waals surface area contributed by atoms with Crippen molar-refractivity contribution in [2.75, 3.05) is 40.4 Å². The van der Waals surface area contributed by atoms with Crippen molar-refractivity contribution in [3.8, 4) is 22.8 Å². The van der Waals surface area contributed by atoms with Crippen molar-refractivity contribution in [2.24, 2.45) is 11.8 Å². The number of carbonyl (C=O) groups excluding carboxylic acids is 1. The van der Waals surface area contributed by atoms with E-state index in [0.717, 1.165) is 37.3 Å². The molecule has 29 heavy (non-hydrogen) atoms. The molecule has 1 saturated heterocycles. The van der Waals surface area contributed by atoms with Gasteiger partial charge in [0.25, 0.3) is 5.91 Å². The molecule has 1 fully saturated rings. The Morgan fingerprint density at radius 2 is 2.07 bits per heavy atom. The fourth-order valence-electron chi connectivity index (χ4n) is 3.88. The molecule has 1 N–H and O–H groups in total. The molecule has 1 aromatic heterocycles.